The fraction of sp³-hybridized carbons (Fsp3) is 0.375. The number of imide groups is 1. The first-order chi connectivity index (χ1) is 10.1. The molecule has 0 saturated heterocycles. The molecule has 0 fully saturated rings. The predicted molar refractivity (Wildman–Crippen MR) is 82.0 cm³/mol. The minimum Gasteiger partial charge on any atom is -0.496 e. The van der Waals surface area contributed by atoms with E-state index in [2.05, 4.69) is 6.92 Å². The molecule has 0 unspecified atom stereocenters. The topological polar surface area (TPSA) is 46.6 Å². The van der Waals surface area contributed by atoms with Crippen LogP contribution in [0.15, 0.2) is 29.3 Å². The van der Waals surface area contributed by atoms with E-state index in [1.165, 1.54) is 12.0 Å². The van der Waals surface area contributed by atoms with Crippen LogP contribution in [0.3, 0.4) is 0 Å². The second-order valence-electron chi connectivity index (χ2n) is 4.86. The molecule has 1 heterocycles. The molecule has 1 aromatic carbocycles. The molecular formula is C16H18ClNO3. The zero-order valence-electron chi connectivity index (χ0n) is 12.2. The highest BCUT2D eigenvalue weighted by Crippen LogP contribution is 2.36. The summed E-state index contributed by atoms with van der Waals surface area (Å²) in [6, 6.07) is 7.06. The van der Waals surface area contributed by atoms with Crippen molar-refractivity contribution in [1.82, 2.24) is 4.90 Å². The normalized spacial score (nSPS) is 15.1. The first-order valence-corrected chi connectivity index (χ1v) is 7.39. The van der Waals surface area contributed by atoms with Crippen molar-refractivity contribution in [2.75, 3.05) is 13.7 Å². The molecule has 2 amide bonds. The van der Waals surface area contributed by atoms with Gasteiger partial charge in [0.2, 0.25) is 0 Å². The van der Waals surface area contributed by atoms with Gasteiger partial charge >= 0.3 is 0 Å². The van der Waals surface area contributed by atoms with Crippen LogP contribution >= 0.6 is 11.6 Å². The molecule has 0 saturated carbocycles. The summed E-state index contributed by atoms with van der Waals surface area (Å²) in [6.07, 6.45) is 2.78. The number of rotatable bonds is 6. The Morgan fingerprint density at radius 1 is 1.14 bits per heavy atom. The number of carbonyl (C=O) groups is 2. The molecule has 0 atom stereocenters. The van der Waals surface area contributed by atoms with Crippen LogP contribution in [-0.4, -0.2) is 30.4 Å². The van der Waals surface area contributed by atoms with Gasteiger partial charge in [-0.25, -0.2) is 0 Å². The number of amides is 2. The van der Waals surface area contributed by atoms with Crippen molar-refractivity contribution in [3.05, 3.63) is 34.9 Å². The number of methoxy groups -OCH3 is 1. The average Bonchev–Trinajstić information content (AvgIpc) is 2.71. The third-order valence-electron chi connectivity index (χ3n) is 3.47. The number of ether oxygens (including phenoxy) is 1. The number of hydrogen-bond donors (Lipinski definition) is 0. The van der Waals surface area contributed by atoms with Crippen LogP contribution in [-0.2, 0) is 9.59 Å². The molecule has 4 nitrogen and oxygen atoms in total. The van der Waals surface area contributed by atoms with Gasteiger partial charge in [-0.2, -0.15) is 0 Å². The molecule has 1 aliphatic heterocycles. The van der Waals surface area contributed by atoms with Gasteiger partial charge in [0.1, 0.15) is 10.8 Å². The second kappa shape index (κ2) is 6.76. The Bertz CT molecular complexity index is 595. The summed E-state index contributed by atoms with van der Waals surface area (Å²) in [4.78, 5) is 25.9. The van der Waals surface area contributed by atoms with Crippen molar-refractivity contribution in [2.24, 2.45) is 0 Å². The zero-order chi connectivity index (χ0) is 15.4. The Kier molecular flexibility index (Phi) is 5.02. The summed E-state index contributed by atoms with van der Waals surface area (Å²) < 4.78 is 5.25. The number of carbonyl (C=O) groups excluding carboxylic acids is 2. The van der Waals surface area contributed by atoms with Gasteiger partial charge in [-0.05, 0) is 12.5 Å². The third-order valence-corrected chi connectivity index (χ3v) is 3.82. The first kappa shape index (κ1) is 15.6. The van der Waals surface area contributed by atoms with E-state index in [1.807, 2.05) is 0 Å². The van der Waals surface area contributed by atoms with E-state index in [9.17, 15) is 9.59 Å². The molecule has 2 rings (SSSR count). The quantitative estimate of drug-likeness (QED) is 0.599. The highest BCUT2D eigenvalue weighted by Gasteiger charge is 2.38. The maximum atomic E-state index is 12.5. The zero-order valence-corrected chi connectivity index (χ0v) is 12.9. The maximum Gasteiger partial charge on any atom is 0.273 e. The van der Waals surface area contributed by atoms with Crippen molar-refractivity contribution in [2.45, 2.75) is 26.2 Å². The van der Waals surface area contributed by atoms with Crippen LogP contribution in [0.25, 0.3) is 5.57 Å². The van der Waals surface area contributed by atoms with Gasteiger partial charge in [0.25, 0.3) is 11.8 Å². The summed E-state index contributed by atoms with van der Waals surface area (Å²) in [6.45, 7) is 2.47. The molecule has 0 spiro atoms. The summed E-state index contributed by atoms with van der Waals surface area (Å²) in [7, 11) is 1.52. The Hall–Kier alpha value is -1.81. The van der Waals surface area contributed by atoms with E-state index < -0.39 is 5.91 Å². The van der Waals surface area contributed by atoms with Crippen LogP contribution in [0.1, 0.15) is 31.7 Å². The minimum absolute atomic E-state index is 0.0269. The van der Waals surface area contributed by atoms with E-state index in [4.69, 9.17) is 16.3 Å². The van der Waals surface area contributed by atoms with E-state index in [0.29, 0.717) is 17.9 Å². The number of unbranched alkanes of at least 4 members (excludes halogenated alkanes) is 2. The number of halogens is 1. The van der Waals surface area contributed by atoms with Gasteiger partial charge in [0.05, 0.1) is 12.7 Å². The summed E-state index contributed by atoms with van der Waals surface area (Å²) >= 11 is 6.11. The van der Waals surface area contributed by atoms with E-state index in [1.54, 1.807) is 24.3 Å². The lowest BCUT2D eigenvalue weighted by Crippen LogP contribution is -2.32. The van der Waals surface area contributed by atoms with Gasteiger partial charge in [-0.3, -0.25) is 14.5 Å². The molecular weight excluding hydrogens is 290 g/mol. The molecule has 1 aromatic rings. The fourth-order valence-corrected chi connectivity index (χ4v) is 2.64. The first-order valence-electron chi connectivity index (χ1n) is 7.01. The number of para-hydroxylation sites is 1. The highest BCUT2D eigenvalue weighted by atomic mass is 35.5. The molecule has 1 aliphatic rings. The van der Waals surface area contributed by atoms with E-state index in [0.717, 1.165) is 19.3 Å². The number of hydrogen-bond acceptors (Lipinski definition) is 3. The van der Waals surface area contributed by atoms with Crippen molar-refractivity contribution >= 4 is 29.0 Å². The summed E-state index contributed by atoms with van der Waals surface area (Å²) in [5.74, 6) is -0.230. The summed E-state index contributed by atoms with van der Waals surface area (Å²) in [5, 5.41) is -0.0269. The van der Waals surface area contributed by atoms with Gasteiger partial charge in [-0.15, -0.1) is 0 Å². The highest BCUT2D eigenvalue weighted by molar-refractivity contribution is 6.55. The van der Waals surface area contributed by atoms with E-state index in [-0.39, 0.29) is 16.5 Å². The van der Waals surface area contributed by atoms with Crippen LogP contribution in [0.5, 0.6) is 5.75 Å². The van der Waals surface area contributed by atoms with Gasteiger partial charge in [0, 0.05) is 12.1 Å². The lowest BCUT2D eigenvalue weighted by atomic mass is 10.1. The van der Waals surface area contributed by atoms with Crippen molar-refractivity contribution in [3.63, 3.8) is 0 Å². The van der Waals surface area contributed by atoms with E-state index >= 15 is 0 Å². The maximum absolute atomic E-state index is 12.5. The SMILES string of the molecule is CCCCCN1C(=O)C(Cl)=C(c2ccccc2OC)C1=O. The monoisotopic (exact) mass is 307 g/mol. The molecule has 0 N–H and O–H groups in total. The second-order valence-corrected chi connectivity index (χ2v) is 5.24. The minimum atomic E-state index is -0.418. The summed E-state index contributed by atoms with van der Waals surface area (Å²) in [5.41, 5.74) is 0.789. The van der Waals surface area contributed by atoms with Crippen LogP contribution < -0.4 is 4.74 Å². The van der Waals surface area contributed by atoms with Gasteiger partial charge in [0.15, 0.2) is 0 Å². The molecule has 112 valence electrons. The smallest absolute Gasteiger partial charge is 0.273 e. The van der Waals surface area contributed by atoms with Crippen molar-refractivity contribution in [1.29, 1.82) is 0 Å². The Labute approximate surface area is 129 Å². The number of nitrogens with zero attached hydrogens (tertiary/aromatic N) is 1. The molecule has 21 heavy (non-hydrogen) atoms. The van der Waals surface area contributed by atoms with Crippen molar-refractivity contribution < 1.29 is 14.3 Å². The molecule has 0 aliphatic carbocycles. The molecule has 0 bridgehead atoms. The molecule has 0 radical (unpaired) electrons. The van der Waals surface area contributed by atoms with Crippen LogP contribution in [0.2, 0.25) is 0 Å². The fourth-order valence-electron chi connectivity index (χ4n) is 2.35. The van der Waals surface area contributed by atoms with Crippen LogP contribution in [0.4, 0.5) is 0 Å². The lowest BCUT2D eigenvalue weighted by Gasteiger charge is -2.15. The molecule has 0 aromatic heterocycles. The van der Waals surface area contributed by atoms with Gasteiger partial charge < -0.3 is 4.74 Å². The average molecular weight is 308 g/mol. The van der Waals surface area contributed by atoms with Crippen LogP contribution in [0, 0.1) is 0 Å². The Morgan fingerprint density at radius 3 is 2.52 bits per heavy atom. The third kappa shape index (κ3) is 2.95. The lowest BCUT2D eigenvalue weighted by molar-refractivity contribution is -0.136. The van der Waals surface area contributed by atoms with Gasteiger partial charge in [-0.1, -0.05) is 49.6 Å². The predicted octanol–water partition coefficient (Wildman–Crippen LogP) is 3.20. The number of benzene rings is 1. The Morgan fingerprint density at radius 2 is 1.86 bits per heavy atom. The standard InChI is InChI=1S/C16H18ClNO3/c1-3-4-7-10-18-15(19)13(14(17)16(18)20)11-8-5-6-9-12(11)21-2/h5-6,8-9H,3-4,7,10H2,1-2H3. The molecule has 5 heteroatoms. The van der Waals surface area contributed by atoms with Crippen molar-refractivity contribution in [3.8, 4) is 5.75 Å². The largest absolute Gasteiger partial charge is 0.496 e. The Balaban J connectivity index is 2.32.